The van der Waals surface area contributed by atoms with Gasteiger partial charge in [-0.1, -0.05) is 12.1 Å². The van der Waals surface area contributed by atoms with Crippen LogP contribution < -0.4 is 5.32 Å². The molecule has 80 valence electrons. The molecule has 1 aromatic heterocycles. The average molecular weight is 341 g/mol. The molecule has 0 unspecified atom stereocenters. The number of halogens is 1. The molecule has 2 aromatic rings. The van der Waals surface area contributed by atoms with Gasteiger partial charge in [0.15, 0.2) is 0 Å². The van der Waals surface area contributed by atoms with Gasteiger partial charge in [-0.25, -0.2) is 0 Å². The molecule has 1 N–H and O–H groups in total. The summed E-state index contributed by atoms with van der Waals surface area (Å²) in [4.78, 5) is 12.8. The summed E-state index contributed by atoms with van der Waals surface area (Å²) < 4.78 is 1.26. The predicted octanol–water partition coefficient (Wildman–Crippen LogP) is 3.26. The van der Waals surface area contributed by atoms with Crippen molar-refractivity contribution in [1.82, 2.24) is 5.32 Å². The maximum atomic E-state index is 11.5. The standard InChI is InChI=1S/C12H8INOS/c13-11-4-3-10(16-11)7-1-2-8-6-14-12(15)9(8)5-7/h1-5H,6H2,(H,14,15). The third-order valence-corrected chi connectivity index (χ3v) is 4.59. The smallest absolute Gasteiger partial charge is 0.251 e. The Kier molecular flexibility index (Phi) is 2.48. The minimum Gasteiger partial charge on any atom is -0.348 e. The number of carbonyl (C=O) groups excluding carboxylic acids is 1. The van der Waals surface area contributed by atoms with Crippen LogP contribution in [0.25, 0.3) is 10.4 Å². The minimum absolute atomic E-state index is 0.0445. The first-order chi connectivity index (χ1) is 7.74. The molecule has 1 aliphatic rings. The van der Waals surface area contributed by atoms with Gasteiger partial charge in [0.25, 0.3) is 5.91 Å². The van der Waals surface area contributed by atoms with Crippen molar-refractivity contribution in [2.75, 3.05) is 0 Å². The first-order valence-corrected chi connectivity index (χ1v) is 6.80. The van der Waals surface area contributed by atoms with Crippen LogP contribution in [-0.2, 0) is 6.54 Å². The zero-order valence-electron chi connectivity index (χ0n) is 8.29. The molecule has 0 saturated carbocycles. The van der Waals surface area contributed by atoms with Crippen LogP contribution in [0.5, 0.6) is 0 Å². The van der Waals surface area contributed by atoms with E-state index in [0.717, 1.165) is 16.7 Å². The Balaban J connectivity index is 2.10. The summed E-state index contributed by atoms with van der Waals surface area (Å²) in [5.41, 5.74) is 3.05. The van der Waals surface area contributed by atoms with E-state index in [0.29, 0.717) is 6.54 Å². The molecular formula is C12H8INOS. The summed E-state index contributed by atoms with van der Waals surface area (Å²) in [6.45, 7) is 0.663. The molecule has 1 amide bonds. The minimum atomic E-state index is 0.0445. The second kappa shape index (κ2) is 3.85. The molecule has 0 atom stereocenters. The number of hydrogen-bond acceptors (Lipinski definition) is 2. The normalized spacial score (nSPS) is 13.7. The van der Waals surface area contributed by atoms with E-state index in [-0.39, 0.29) is 5.91 Å². The third-order valence-electron chi connectivity index (χ3n) is 2.65. The van der Waals surface area contributed by atoms with E-state index in [1.165, 1.54) is 7.76 Å². The van der Waals surface area contributed by atoms with E-state index in [4.69, 9.17) is 0 Å². The van der Waals surface area contributed by atoms with E-state index in [1.807, 2.05) is 12.1 Å². The Morgan fingerprint density at radius 1 is 1.25 bits per heavy atom. The molecule has 2 heterocycles. The molecule has 0 saturated heterocycles. The monoisotopic (exact) mass is 341 g/mol. The van der Waals surface area contributed by atoms with Gasteiger partial charge >= 0.3 is 0 Å². The number of rotatable bonds is 1. The SMILES string of the molecule is O=C1NCc2ccc(-c3ccc(I)s3)cc21. The molecule has 1 aromatic carbocycles. The Hall–Kier alpha value is -0.880. The van der Waals surface area contributed by atoms with Gasteiger partial charge in [-0.2, -0.15) is 0 Å². The number of carbonyl (C=O) groups is 1. The van der Waals surface area contributed by atoms with Gasteiger partial charge in [0, 0.05) is 17.0 Å². The Labute approximate surface area is 111 Å². The number of nitrogens with one attached hydrogen (secondary N) is 1. The first kappa shape index (κ1) is 10.3. The van der Waals surface area contributed by atoms with E-state index in [1.54, 1.807) is 11.3 Å². The van der Waals surface area contributed by atoms with Crippen molar-refractivity contribution >= 4 is 39.8 Å². The van der Waals surface area contributed by atoms with E-state index < -0.39 is 0 Å². The Morgan fingerprint density at radius 2 is 2.12 bits per heavy atom. The molecule has 4 heteroatoms. The van der Waals surface area contributed by atoms with Crippen molar-refractivity contribution in [3.8, 4) is 10.4 Å². The van der Waals surface area contributed by atoms with Crippen molar-refractivity contribution in [3.63, 3.8) is 0 Å². The molecular weight excluding hydrogens is 333 g/mol. The topological polar surface area (TPSA) is 29.1 Å². The van der Waals surface area contributed by atoms with Crippen LogP contribution in [0.2, 0.25) is 0 Å². The number of amides is 1. The zero-order chi connectivity index (χ0) is 11.1. The third kappa shape index (κ3) is 1.66. The van der Waals surface area contributed by atoms with Crippen LogP contribution >= 0.6 is 33.9 Å². The molecule has 0 aliphatic carbocycles. The van der Waals surface area contributed by atoms with Gasteiger partial charge in [0.2, 0.25) is 0 Å². The summed E-state index contributed by atoms with van der Waals surface area (Å²) in [7, 11) is 0. The fourth-order valence-corrected chi connectivity index (χ4v) is 3.45. The lowest BCUT2D eigenvalue weighted by Gasteiger charge is -2.00. The van der Waals surface area contributed by atoms with Crippen LogP contribution in [0.15, 0.2) is 30.3 Å². The van der Waals surface area contributed by atoms with Gasteiger partial charge < -0.3 is 5.32 Å². The second-order valence-electron chi connectivity index (χ2n) is 3.66. The van der Waals surface area contributed by atoms with Crippen molar-refractivity contribution < 1.29 is 4.79 Å². The highest BCUT2D eigenvalue weighted by atomic mass is 127. The molecule has 0 radical (unpaired) electrons. The highest BCUT2D eigenvalue weighted by molar-refractivity contribution is 14.1. The van der Waals surface area contributed by atoms with E-state index in [2.05, 4.69) is 46.1 Å². The lowest BCUT2D eigenvalue weighted by Crippen LogP contribution is -2.12. The van der Waals surface area contributed by atoms with E-state index >= 15 is 0 Å². The van der Waals surface area contributed by atoms with Gasteiger partial charge in [-0.3, -0.25) is 4.79 Å². The van der Waals surface area contributed by atoms with Crippen molar-refractivity contribution in [2.45, 2.75) is 6.54 Å². The molecule has 3 rings (SSSR count). The fraction of sp³-hybridized carbons (Fsp3) is 0.0833. The van der Waals surface area contributed by atoms with Gasteiger partial charge in [0.05, 0.1) is 2.88 Å². The number of hydrogen-bond donors (Lipinski definition) is 1. The van der Waals surface area contributed by atoms with E-state index in [9.17, 15) is 4.79 Å². The maximum Gasteiger partial charge on any atom is 0.251 e. The largest absolute Gasteiger partial charge is 0.348 e. The highest BCUT2D eigenvalue weighted by Crippen LogP contribution is 2.31. The van der Waals surface area contributed by atoms with Gasteiger partial charge in [-0.05, 0) is 51.9 Å². The summed E-state index contributed by atoms with van der Waals surface area (Å²) in [6.07, 6.45) is 0. The van der Waals surface area contributed by atoms with Gasteiger partial charge in [-0.15, -0.1) is 11.3 Å². The summed E-state index contributed by atoms with van der Waals surface area (Å²) >= 11 is 4.05. The molecule has 2 nitrogen and oxygen atoms in total. The van der Waals surface area contributed by atoms with Crippen molar-refractivity contribution in [2.24, 2.45) is 0 Å². The molecule has 16 heavy (non-hydrogen) atoms. The number of fused-ring (bicyclic) bond motifs is 1. The summed E-state index contributed by atoms with van der Waals surface area (Å²) in [5.74, 6) is 0.0445. The molecule has 1 aliphatic heterocycles. The Bertz CT molecular complexity index is 576. The van der Waals surface area contributed by atoms with Crippen LogP contribution in [-0.4, -0.2) is 5.91 Å². The van der Waals surface area contributed by atoms with Crippen LogP contribution in [0, 0.1) is 2.88 Å². The quantitative estimate of drug-likeness (QED) is 0.793. The lowest BCUT2D eigenvalue weighted by molar-refractivity contribution is 0.0966. The average Bonchev–Trinajstić information content (AvgIpc) is 2.86. The highest BCUT2D eigenvalue weighted by Gasteiger charge is 2.19. The van der Waals surface area contributed by atoms with Crippen molar-refractivity contribution in [3.05, 3.63) is 44.3 Å². The first-order valence-electron chi connectivity index (χ1n) is 4.91. The number of thiophene rings is 1. The molecule has 0 bridgehead atoms. The van der Waals surface area contributed by atoms with Crippen molar-refractivity contribution in [1.29, 1.82) is 0 Å². The van der Waals surface area contributed by atoms with Gasteiger partial charge in [0.1, 0.15) is 0 Å². The maximum absolute atomic E-state index is 11.5. The summed E-state index contributed by atoms with van der Waals surface area (Å²) in [6, 6.07) is 10.3. The van der Waals surface area contributed by atoms with Crippen LogP contribution in [0.1, 0.15) is 15.9 Å². The molecule has 0 fully saturated rings. The fourth-order valence-electron chi connectivity index (χ4n) is 1.84. The Morgan fingerprint density at radius 3 is 2.88 bits per heavy atom. The summed E-state index contributed by atoms with van der Waals surface area (Å²) in [5, 5.41) is 2.83. The second-order valence-corrected chi connectivity index (χ2v) is 6.64. The predicted molar refractivity (Wildman–Crippen MR) is 73.6 cm³/mol. The zero-order valence-corrected chi connectivity index (χ0v) is 11.3. The van der Waals surface area contributed by atoms with Crippen LogP contribution in [0.4, 0.5) is 0 Å². The molecule has 0 spiro atoms. The number of benzene rings is 1. The van der Waals surface area contributed by atoms with Crippen LogP contribution in [0.3, 0.4) is 0 Å². The lowest BCUT2D eigenvalue weighted by atomic mass is 10.1.